The average Bonchev–Trinajstić information content (AvgIpc) is 2.70. The smallest absolute Gasteiger partial charge is 0.332 e. The van der Waals surface area contributed by atoms with Crippen LogP contribution in [0, 0.1) is 0 Å². The molecule has 3 aromatic rings. The Morgan fingerprint density at radius 2 is 1.81 bits per heavy atom. The Balaban J connectivity index is 0.00000363. The summed E-state index contributed by atoms with van der Waals surface area (Å²) < 4.78 is 42.1. The zero-order chi connectivity index (χ0) is 22.6. The number of benzene rings is 2. The molecule has 1 aromatic heterocycles. The van der Waals surface area contributed by atoms with Gasteiger partial charge < -0.3 is 9.84 Å². The maximum absolute atomic E-state index is 13.1. The van der Waals surface area contributed by atoms with Crippen LogP contribution in [0.2, 0.25) is 15.1 Å². The minimum atomic E-state index is -4.83. The second-order valence-corrected chi connectivity index (χ2v) is 8.86. The highest BCUT2D eigenvalue weighted by atomic mass is 79.9. The van der Waals surface area contributed by atoms with Gasteiger partial charge in [-0.3, -0.25) is 4.99 Å². The lowest BCUT2D eigenvalue weighted by Gasteiger charge is -2.12. The first-order valence-electron chi connectivity index (χ1n) is 8.66. The van der Waals surface area contributed by atoms with Gasteiger partial charge in [0.15, 0.2) is 18.9 Å². The molecular formula is C20H15BrCl3FN2O4S. The fourth-order valence-corrected chi connectivity index (χ4v) is 3.65. The third-order valence-electron chi connectivity index (χ3n) is 4.01. The summed E-state index contributed by atoms with van der Waals surface area (Å²) in [6, 6.07) is 11.6. The van der Waals surface area contributed by atoms with Crippen LogP contribution in [0.4, 0.5) is 9.57 Å². The molecular weight excluding hydrogens is 570 g/mol. The second kappa shape index (κ2) is 11.3. The highest BCUT2D eigenvalue weighted by molar-refractivity contribution is 8.93. The van der Waals surface area contributed by atoms with Crippen LogP contribution in [0.1, 0.15) is 5.56 Å². The monoisotopic (exact) mass is 582 g/mol. The van der Waals surface area contributed by atoms with Crippen molar-refractivity contribution in [3.63, 3.8) is 0 Å². The standard InChI is InChI=1S/C20H14Cl3FN2O4S.BrH/c21-17-6-4-15(8-19(17)23)30-12-20(27)25-14-2-1-7-26(11-14)10-13-3-5-16(9-18(13)22)31(24,28)29;/h1-9,11H,10,12H2;1H. The van der Waals surface area contributed by atoms with E-state index >= 15 is 0 Å². The van der Waals surface area contributed by atoms with Gasteiger partial charge in [0, 0.05) is 23.6 Å². The molecule has 32 heavy (non-hydrogen) atoms. The summed E-state index contributed by atoms with van der Waals surface area (Å²) in [6.45, 7) is -0.0411. The molecule has 0 atom stereocenters. The summed E-state index contributed by atoms with van der Waals surface area (Å²) in [4.78, 5) is 3.47. The number of ether oxygens (including phenoxy) is 1. The largest absolute Gasteiger partial charge is 0.859 e. The van der Waals surface area contributed by atoms with Gasteiger partial charge in [-0.1, -0.05) is 34.8 Å². The third kappa shape index (κ3) is 7.31. The highest BCUT2D eigenvalue weighted by Gasteiger charge is 2.15. The summed E-state index contributed by atoms with van der Waals surface area (Å²) in [6.07, 6.45) is 3.32. The van der Waals surface area contributed by atoms with Crippen molar-refractivity contribution in [2.45, 2.75) is 11.4 Å². The summed E-state index contributed by atoms with van der Waals surface area (Å²) >= 11 is 17.8. The van der Waals surface area contributed by atoms with Crippen LogP contribution in [-0.2, 0) is 16.8 Å². The minimum absolute atomic E-state index is 0. The Kier molecular flexibility index (Phi) is 9.29. The molecule has 0 unspecified atom stereocenters. The van der Waals surface area contributed by atoms with Crippen molar-refractivity contribution in [2.75, 3.05) is 6.61 Å². The lowest BCUT2D eigenvalue weighted by Crippen LogP contribution is -2.33. The first-order valence-corrected chi connectivity index (χ1v) is 11.2. The molecule has 0 spiro atoms. The van der Waals surface area contributed by atoms with Crippen LogP contribution in [0.25, 0.3) is 0 Å². The van der Waals surface area contributed by atoms with E-state index in [1.807, 2.05) is 0 Å². The van der Waals surface area contributed by atoms with E-state index in [0.717, 1.165) is 12.1 Å². The Morgan fingerprint density at radius 1 is 1.06 bits per heavy atom. The van der Waals surface area contributed by atoms with Crippen LogP contribution in [0.5, 0.6) is 5.75 Å². The van der Waals surface area contributed by atoms with E-state index in [-0.39, 0.29) is 35.2 Å². The topological polar surface area (TPSA) is 82.7 Å². The van der Waals surface area contributed by atoms with Crippen LogP contribution in [0.3, 0.4) is 0 Å². The molecule has 0 fully saturated rings. The van der Waals surface area contributed by atoms with Crippen molar-refractivity contribution in [1.29, 1.82) is 0 Å². The molecule has 0 aliphatic heterocycles. The Bertz CT molecular complexity index is 1260. The maximum Gasteiger partial charge on any atom is 0.332 e. The Labute approximate surface area is 209 Å². The number of aliphatic imine (C=N–C) groups is 1. The number of hydrogen-bond acceptors (Lipinski definition) is 5. The summed E-state index contributed by atoms with van der Waals surface area (Å²) in [5.41, 5.74) is 0.940. The van der Waals surface area contributed by atoms with E-state index in [0.29, 0.717) is 27.0 Å². The zero-order valence-electron chi connectivity index (χ0n) is 16.0. The molecule has 3 rings (SSSR count). The molecule has 2 aromatic carbocycles. The van der Waals surface area contributed by atoms with Crippen molar-refractivity contribution < 1.29 is 26.7 Å². The molecule has 170 valence electrons. The van der Waals surface area contributed by atoms with E-state index in [9.17, 15) is 17.4 Å². The number of hydrogen-bond donors (Lipinski definition) is 0. The SMILES string of the molecule is Br.O=S(=O)(F)c1ccc(C[n+]2cccc(N=C([O-])COc3ccc(Cl)c(Cl)c3)c2)c(Cl)c1. The normalized spacial score (nSPS) is 11.7. The van der Waals surface area contributed by atoms with E-state index in [1.54, 1.807) is 41.2 Å². The Morgan fingerprint density at radius 3 is 2.47 bits per heavy atom. The average molecular weight is 585 g/mol. The number of pyridine rings is 1. The summed E-state index contributed by atoms with van der Waals surface area (Å²) in [5, 5.41) is 12.9. The van der Waals surface area contributed by atoms with Crippen molar-refractivity contribution in [3.8, 4) is 5.75 Å². The number of nitrogens with zero attached hydrogens (tertiary/aromatic N) is 2. The van der Waals surface area contributed by atoms with Crippen LogP contribution < -0.4 is 14.4 Å². The van der Waals surface area contributed by atoms with Crippen LogP contribution >= 0.6 is 51.8 Å². The Hall–Kier alpha value is -1.91. The quantitative estimate of drug-likeness (QED) is 0.175. The molecule has 0 aliphatic carbocycles. The van der Waals surface area contributed by atoms with Crippen molar-refractivity contribution in [2.24, 2.45) is 4.99 Å². The molecule has 0 saturated carbocycles. The van der Waals surface area contributed by atoms with Gasteiger partial charge in [0.1, 0.15) is 18.0 Å². The molecule has 1 heterocycles. The van der Waals surface area contributed by atoms with Crippen LogP contribution in [-0.4, -0.2) is 20.9 Å². The molecule has 0 saturated heterocycles. The molecule has 0 aliphatic rings. The van der Waals surface area contributed by atoms with E-state index in [1.165, 1.54) is 12.1 Å². The van der Waals surface area contributed by atoms with E-state index in [2.05, 4.69) is 4.99 Å². The molecule has 0 N–H and O–H groups in total. The maximum atomic E-state index is 13.1. The second-order valence-electron chi connectivity index (χ2n) is 6.30. The van der Waals surface area contributed by atoms with Gasteiger partial charge in [-0.15, -0.1) is 20.9 Å². The van der Waals surface area contributed by atoms with Gasteiger partial charge in [-0.25, -0.2) is 0 Å². The fourth-order valence-electron chi connectivity index (χ4n) is 2.57. The van der Waals surface area contributed by atoms with E-state index < -0.39 is 21.0 Å². The summed E-state index contributed by atoms with van der Waals surface area (Å²) in [5.74, 6) is -0.131. The number of rotatable bonds is 7. The lowest BCUT2D eigenvalue weighted by atomic mass is 10.2. The molecule has 0 amide bonds. The van der Waals surface area contributed by atoms with Gasteiger partial charge in [0.25, 0.3) is 0 Å². The molecule has 0 bridgehead atoms. The van der Waals surface area contributed by atoms with Gasteiger partial charge in [0.05, 0.1) is 20.0 Å². The lowest BCUT2D eigenvalue weighted by molar-refractivity contribution is -0.687. The van der Waals surface area contributed by atoms with Crippen LogP contribution in [0.15, 0.2) is 70.8 Å². The molecule has 0 radical (unpaired) electrons. The number of halogens is 5. The molecule has 12 heteroatoms. The highest BCUT2D eigenvalue weighted by Crippen LogP contribution is 2.26. The van der Waals surface area contributed by atoms with Gasteiger partial charge in [-0.2, -0.15) is 13.0 Å². The van der Waals surface area contributed by atoms with E-state index in [4.69, 9.17) is 39.5 Å². The van der Waals surface area contributed by atoms with Gasteiger partial charge in [-0.05, 0) is 36.4 Å². The van der Waals surface area contributed by atoms with Gasteiger partial charge >= 0.3 is 10.2 Å². The first-order chi connectivity index (χ1) is 14.6. The zero-order valence-corrected chi connectivity index (χ0v) is 20.8. The number of aromatic nitrogens is 1. The van der Waals surface area contributed by atoms with Crippen molar-refractivity contribution in [1.82, 2.24) is 0 Å². The fraction of sp³-hybridized carbons (Fsp3) is 0.100. The summed E-state index contributed by atoms with van der Waals surface area (Å²) in [7, 11) is -4.83. The third-order valence-corrected chi connectivity index (χ3v) is 5.92. The predicted octanol–water partition coefficient (Wildman–Crippen LogP) is 4.69. The van der Waals surface area contributed by atoms with Gasteiger partial charge in [0.2, 0.25) is 0 Å². The molecule has 6 nitrogen and oxygen atoms in total. The minimum Gasteiger partial charge on any atom is -0.859 e. The van der Waals surface area contributed by atoms with Crippen molar-refractivity contribution >= 4 is 73.6 Å². The predicted molar refractivity (Wildman–Crippen MR) is 125 cm³/mol. The first kappa shape index (κ1) is 26.3. The van der Waals surface area contributed by atoms with Crippen molar-refractivity contribution in [3.05, 3.63) is 81.6 Å².